The molecule has 0 aliphatic rings. The van der Waals surface area contributed by atoms with Crippen LogP contribution in [0.25, 0.3) is 0 Å². The van der Waals surface area contributed by atoms with E-state index in [1.165, 1.54) is 12.1 Å². The molecule has 1 aromatic carbocycles. The highest BCUT2D eigenvalue weighted by Crippen LogP contribution is 2.16. The van der Waals surface area contributed by atoms with Gasteiger partial charge in [0.15, 0.2) is 0 Å². The maximum absolute atomic E-state index is 11.7. The van der Waals surface area contributed by atoms with Crippen molar-refractivity contribution in [3.05, 3.63) is 46.7 Å². The second kappa shape index (κ2) is 4.40. The van der Waals surface area contributed by atoms with E-state index < -0.39 is 0 Å². The Bertz CT molecular complexity index is 505. The second-order valence-corrected chi connectivity index (χ2v) is 4.15. The molecule has 0 aliphatic heterocycles. The van der Waals surface area contributed by atoms with Crippen LogP contribution in [0.5, 0.6) is 5.75 Å². The van der Waals surface area contributed by atoms with E-state index in [-0.39, 0.29) is 11.7 Å². The van der Waals surface area contributed by atoms with Crippen LogP contribution in [0.3, 0.4) is 0 Å². The van der Waals surface area contributed by atoms with E-state index in [4.69, 9.17) is 5.11 Å². The van der Waals surface area contributed by atoms with E-state index in [1.54, 1.807) is 24.4 Å². The number of aromatic nitrogens is 1. The summed E-state index contributed by atoms with van der Waals surface area (Å²) in [7, 11) is 0. The molecule has 0 fully saturated rings. The van der Waals surface area contributed by atoms with E-state index >= 15 is 0 Å². The molecule has 0 radical (unpaired) electrons. The van der Waals surface area contributed by atoms with Gasteiger partial charge in [-0.25, -0.2) is 0 Å². The SMILES string of the molecule is O=C(Nc1ccc(O)cc1)c1cc(Br)c[nH]1. The minimum Gasteiger partial charge on any atom is -0.508 e. The first-order chi connectivity index (χ1) is 7.65. The molecule has 0 spiro atoms. The summed E-state index contributed by atoms with van der Waals surface area (Å²) in [5.74, 6) is -0.0583. The lowest BCUT2D eigenvalue weighted by molar-refractivity contribution is 0.102. The van der Waals surface area contributed by atoms with Gasteiger partial charge in [-0.05, 0) is 46.3 Å². The lowest BCUT2D eigenvalue weighted by Crippen LogP contribution is -2.11. The van der Waals surface area contributed by atoms with E-state index in [1.807, 2.05) is 0 Å². The van der Waals surface area contributed by atoms with Crippen molar-refractivity contribution in [3.8, 4) is 5.75 Å². The number of amides is 1. The van der Waals surface area contributed by atoms with Gasteiger partial charge < -0.3 is 15.4 Å². The molecule has 0 atom stereocenters. The minimum atomic E-state index is -0.226. The Balaban J connectivity index is 2.10. The molecule has 2 rings (SSSR count). The molecule has 0 bridgehead atoms. The topological polar surface area (TPSA) is 65.1 Å². The summed E-state index contributed by atoms with van der Waals surface area (Å²) in [5.41, 5.74) is 1.11. The van der Waals surface area contributed by atoms with Crippen LogP contribution in [0.2, 0.25) is 0 Å². The lowest BCUT2D eigenvalue weighted by Gasteiger charge is -2.03. The molecule has 0 saturated carbocycles. The number of benzene rings is 1. The molecule has 82 valence electrons. The zero-order valence-corrected chi connectivity index (χ0v) is 9.78. The number of H-pyrrole nitrogens is 1. The largest absolute Gasteiger partial charge is 0.508 e. The number of nitrogens with one attached hydrogen (secondary N) is 2. The van der Waals surface area contributed by atoms with Gasteiger partial charge in [-0.2, -0.15) is 0 Å². The first-order valence-electron chi connectivity index (χ1n) is 4.59. The van der Waals surface area contributed by atoms with Gasteiger partial charge in [0.1, 0.15) is 11.4 Å². The molecule has 16 heavy (non-hydrogen) atoms. The van der Waals surface area contributed by atoms with E-state index in [9.17, 15) is 4.79 Å². The maximum Gasteiger partial charge on any atom is 0.272 e. The fraction of sp³-hybridized carbons (Fsp3) is 0. The number of hydrogen-bond donors (Lipinski definition) is 3. The molecule has 3 N–H and O–H groups in total. The number of hydrogen-bond acceptors (Lipinski definition) is 2. The Morgan fingerprint density at radius 1 is 1.31 bits per heavy atom. The standard InChI is InChI=1S/C11H9BrN2O2/c12-7-5-10(13-6-7)11(16)14-8-1-3-9(15)4-2-8/h1-6,13,15H,(H,14,16). The van der Waals surface area contributed by atoms with Crippen molar-refractivity contribution in [1.29, 1.82) is 0 Å². The predicted octanol–water partition coefficient (Wildman–Crippen LogP) is 2.74. The number of rotatable bonds is 2. The molecular formula is C11H9BrN2O2. The summed E-state index contributed by atoms with van der Waals surface area (Å²) >= 11 is 3.25. The quantitative estimate of drug-likeness (QED) is 0.741. The van der Waals surface area contributed by atoms with Gasteiger partial charge in [0, 0.05) is 16.4 Å². The van der Waals surface area contributed by atoms with Gasteiger partial charge in [-0.3, -0.25) is 4.79 Å². The van der Waals surface area contributed by atoms with E-state index in [2.05, 4.69) is 26.2 Å². The molecule has 0 unspecified atom stereocenters. The van der Waals surface area contributed by atoms with Gasteiger partial charge in [0.2, 0.25) is 0 Å². The highest BCUT2D eigenvalue weighted by molar-refractivity contribution is 9.10. The van der Waals surface area contributed by atoms with Crippen LogP contribution in [0.4, 0.5) is 5.69 Å². The fourth-order valence-corrected chi connectivity index (χ4v) is 1.59. The number of halogens is 1. The predicted molar refractivity (Wildman–Crippen MR) is 64.6 cm³/mol. The fourth-order valence-electron chi connectivity index (χ4n) is 1.24. The average molecular weight is 281 g/mol. The maximum atomic E-state index is 11.7. The summed E-state index contributed by atoms with van der Waals surface area (Å²) < 4.78 is 0.823. The molecule has 1 heterocycles. The van der Waals surface area contributed by atoms with Gasteiger partial charge in [0.25, 0.3) is 5.91 Å². The van der Waals surface area contributed by atoms with Crippen molar-refractivity contribution in [3.63, 3.8) is 0 Å². The molecule has 5 heteroatoms. The van der Waals surface area contributed by atoms with Gasteiger partial charge in [-0.15, -0.1) is 0 Å². The first kappa shape index (κ1) is 10.8. The third-order valence-corrected chi connectivity index (χ3v) is 2.48. The van der Waals surface area contributed by atoms with Crippen LogP contribution in [0, 0.1) is 0 Å². The first-order valence-corrected chi connectivity index (χ1v) is 5.39. The third kappa shape index (κ3) is 2.43. The number of phenols is 1. The van der Waals surface area contributed by atoms with Crippen LogP contribution in [-0.2, 0) is 0 Å². The van der Waals surface area contributed by atoms with Gasteiger partial charge in [-0.1, -0.05) is 0 Å². The smallest absolute Gasteiger partial charge is 0.272 e. The van der Waals surface area contributed by atoms with Crippen LogP contribution in [0.1, 0.15) is 10.5 Å². The molecule has 2 aromatic rings. The van der Waals surface area contributed by atoms with Crippen LogP contribution in [0.15, 0.2) is 41.0 Å². The highest BCUT2D eigenvalue weighted by Gasteiger charge is 2.07. The summed E-state index contributed by atoms with van der Waals surface area (Å²) in [6.45, 7) is 0. The number of carbonyl (C=O) groups is 1. The van der Waals surface area contributed by atoms with E-state index in [0.717, 1.165) is 4.47 Å². The Morgan fingerprint density at radius 3 is 2.56 bits per heavy atom. The average Bonchev–Trinajstić information content (AvgIpc) is 2.68. The molecule has 4 nitrogen and oxygen atoms in total. The van der Waals surface area contributed by atoms with Crippen LogP contribution >= 0.6 is 15.9 Å². The number of anilines is 1. The van der Waals surface area contributed by atoms with Crippen molar-refractivity contribution in [2.75, 3.05) is 5.32 Å². The Hall–Kier alpha value is -1.75. The van der Waals surface area contributed by atoms with Crippen molar-refractivity contribution in [2.24, 2.45) is 0 Å². The summed E-state index contributed by atoms with van der Waals surface area (Å²) in [4.78, 5) is 14.5. The zero-order chi connectivity index (χ0) is 11.5. The third-order valence-electron chi connectivity index (χ3n) is 2.02. The van der Waals surface area contributed by atoms with Crippen molar-refractivity contribution >= 4 is 27.5 Å². The Morgan fingerprint density at radius 2 is 2.00 bits per heavy atom. The van der Waals surface area contributed by atoms with Crippen molar-refractivity contribution < 1.29 is 9.90 Å². The highest BCUT2D eigenvalue weighted by atomic mass is 79.9. The van der Waals surface area contributed by atoms with Crippen molar-refractivity contribution in [1.82, 2.24) is 4.98 Å². The van der Waals surface area contributed by atoms with Crippen molar-refractivity contribution in [2.45, 2.75) is 0 Å². The Kier molecular flexibility index (Phi) is 2.96. The Labute approximate surface area is 100 Å². The summed E-state index contributed by atoms with van der Waals surface area (Å²) in [6.07, 6.45) is 1.69. The molecule has 1 amide bonds. The monoisotopic (exact) mass is 280 g/mol. The van der Waals surface area contributed by atoms with Crippen LogP contribution < -0.4 is 5.32 Å². The lowest BCUT2D eigenvalue weighted by atomic mass is 10.3. The van der Waals surface area contributed by atoms with Gasteiger partial charge >= 0.3 is 0 Å². The van der Waals surface area contributed by atoms with Crippen LogP contribution in [-0.4, -0.2) is 16.0 Å². The normalized spacial score (nSPS) is 10.1. The molecule has 0 saturated heterocycles. The van der Waals surface area contributed by atoms with Gasteiger partial charge in [0.05, 0.1) is 0 Å². The summed E-state index contributed by atoms with van der Waals surface area (Å²) in [5, 5.41) is 11.8. The second-order valence-electron chi connectivity index (χ2n) is 3.23. The zero-order valence-electron chi connectivity index (χ0n) is 8.20. The van der Waals surface area contributed by atoms with E-state index in [0.29, 0.717) is 11.4 Å². The molecule has 0 aliphatic carbocycles. The number of phenolic OH excluding ortho intramolecular Hbond substituents is 1. The number of aromatic hydroxyl groups is 1. The molecule has 1 aromatic heterocycles. The minimum absolute atomic E-state index is 0.167. The number of aromatic amines is 1. The molecular weight excluding hydrogens is 272 g/mol. The summed E-state index contributed by atoms with van der Waals surface area (Å²) in [6, 6.07) is 7.98. The number of carbonyl (C=O) groups excluding carboxylic acids is 1.